The highest BCUT2D eigenvalue weighted by molar-refractivity contribution is 7.89. The Morgan fingerprint density at radius 2 is 1.64 bits per heavy atom. The van der Waals surface area contributed by atoms with Crippen molar-refractivity contribution >= 4 is 10.0 Å². The van der Waals surface area contributed by atoms with E-state index in [4.69, 9.17) is 0 Å². The lowest BCUT2D eigenvalue weighted by Crippen LogP contribution is -3.00. The highest BCUT2D eigenvalue weighted by atomic mass is 79.9. The number of nitrogens with zero attached hydrogens (tertiary/aromatic N) is 2. The quantitative estimate of drug-likeness (QED) is 0.287. The van der Waals surface area contributed by atoms with Gasteiger partial charge in [-0.1, -0.05) is 45.6 Å². The zero-order valence-electron chi connectivity index (χ0n) is 14.3. The van der Waals surface area contributed by atoms with Crippen molar-refractivity contribution in [3.05, 3.63) is 12.7 Å². The van der Waals surface area contributed by atoms with Crippen LogP contribution in [0.15, 0.2) is 12.7 Å². The van der Waals surface area contributed by atoms with Crippen LogP contribution >= 0.6 is 0 Å². The number of halogens is 1. The van der Waals surface area contributed by atoms with Crippen molar-refractivity contribution in [2.24, 2.45) is 0 Å². The first-order valence-electron chi connectivity index (χ1n) is 8.36. The molecule has 0 aliphatic carbocycles. The smallest absolute Gasteiger partial charge is 0.214 e. The molecule has 0 aromatic heterocycles. The van der Waals surface area contributed by atoms with E-state index in [1.807, 2.05) is 6.08 Å². The summed E-state index contributed by atoms with van der Waals surface area (Å²) in [5.41, 5.74) is 0. The molecule has 0 bridgehead atoms. The minimum absolute atomic E-state index is 0. The van der Waals surface area contributed by atoms with E-state index >= 15 is 0 Å². The highest BCUT2D eigenvalue weighted by Crippen LogP contribution is 2.15. The standard InChI is InChI=1S/C16H33N2O2S.BrH/c1-4-6-7-8-9-10-16-21(19,20)17-11-14-18(3,13-5-2)15-12-17;/h5H,2,4,6-16H2,1,3H3;1H/q+1;/p-1. The van der Waals surface area contributed by atoms with Crippen LogP contribution in [0.5, 0.6) is 0 Å². The van der Waals surface area contributed by atoms with Gasteiger partial charge in [-0.25, -0.2) is 8.42 Å². The molecule has 0 aromatic carbocycles. The van der Waals surface area contributed by atoms with E-state index in [2.05, 4.69) is 20.6 Å². The van der Waals surface area contributed by atoms with E-state index in [1.54, 1.807) is 4.31 Å². The van der Waals surface area contributed by atoms with Crippen LogP contribution in [0.4, 0.5) is 0 Å². The number of likely N-dealkylation sites (N-methyl/N-ethyl adjacent to an activating group) is 1. The fourth-order valence-corrected chi connectivity index (χ4v) is 4.44. The third-order valence-electron chi connectivity index (χ3n) is 4.50. The van der Waals surface area contributed by atoms with Crippen LogP contribution in [0.3, 0.4) is 0 Å². The molecule has 0 atom stereocenters. The van der Waals surface area contributed by atoms with Gasteiger partial charge in [-0.2, -0.15) is 4.31 Å². The van der Waals surface area contributed by atoms with Crippen LogP contribution in [0, 0.1) is 0 Å². The molecule has 0 radical (unpaired) electrons. The lowest BCUT2D eigenvalue weighted by atomic mass is 10.1. The molecule has 132 valence electrons. The van der Waals surface area contributed by atoms with Gasteiger partial charge in [0.25, 0.3) is 0 Å². The van der Waals surface area contributed by atoms with Gasteiger partial charge in [0, 0.05) is 0 Å². The first kappa shape index (κ1) is 22.1. The third kappa shape index (κ3) is 7.57. The lowest BCUT2D eigenvalue weighted by Gasteiger charge is -2.40. The van der Waals surface area contributed by atoms with E-state index in [-0.39, 0.29) is 17.0 Å². The first-order chi connectivity index (χ1) is 9.93. The van der Waals surface area contributed by atoms with Gasteiger partial charge in [0.15, 0.2) is 0 Å². The van der Waals surface area contributed by atoms with Crippen LogP contribution in [0.25, 0.3) is 0 Å². The summed E-state index contributed by atoms with van der Waals surface area (Å²) in [7, 11) is -0.864. The van der Waals surface area contributed by atoms with Gasteiger partial charge >= 0.3 is 0 Å². The molecule has 0 aromatic rings. The molecule has 1 aliphatic rings. The van der Waals surface area contributed by atoms with Crippen LogP contribution in [0.2, 0.25) is 0 Å². The van der Waals surface area contributed by atoms with E-state index < -0.39 is 10.0 Å². The van der Waals surface area contributed by atoms with Crippen molar-refractivity contribution in [3.8, 4) is 0 Å². The highest BCUT2D eigenvalue weighted by Gasteiger charge is 2.33. The Labute approximate surface area is 148 Å². The molecule has 0 saturated carbocycles. The van der Waals surface area contributed by atoms with Gasteiger partial charge < -0.3 is 21.5 Å². The normalized spacial score (nSPS) is 18.6. The molecule has 1 fully saturated rings. The molecule has 1 rings (SSSR count). The predicted molar refractivity (Wildman–Crippen MR) is 89.7 cm³/mol. The molecule has 1 saturated heterocycles. The predicted octanol–water partition coefficient (Wildman–Crippen LogP) is -0.371. The summed E-state index contributed by atoms with van der Waals surface area (Å²) in [6.07, 6.45) is 8.67. The van der Waals surface area contributed by atoms with Crippen LogP contribution in [0.1, 0.15) is 45.4 Å². The van der Waals surface area contributed by atoms with Gasteiger partial charge in [0.05, 0.1) is 45.5 Å². The number of rotatable bonds is 10. The SMILES string of the molecule is C=CC[N+]1(C)CCN(S(=O)(=O)CCCCCCCC)CC1.[Br-]. The van der Waals surface area contributed by atoms with E-state index in [0.29, 0.717) is 18.8 Å². The maximum absolute atomic E-state index is 12.3. The summed E-state index contributed by atoms with van der Waals surface area (Å²) in [5, 5.41) is 0. The van der Waals surface area contributed by atoms with Crippen molar-refractivity contribution in [2.75, 3.05) is 45.5 Å². The monoisotopic (exact) mass is 396 g/mol. The van der Waals surface area contributed by atoms with Gasteiger partial charge in [-0.15, -0.1) is 0 Å². The van der Waals surface area contributed by atoms with Crippen molar-refractivity contribution in [1.29, 1.82) is 0 Å². The second kappa shape index (κ2) is 10.8. The number of hydrogen-bond donors (Lipinski definition) is 0. The first-order valence-corrected chi connectivity index (χ1v) is 9.97. The summed E-state index contributed by atoms with van der Waals surface area (Å²) >= 11 is 0. The Morgan fingerprint density at radius 1 is 1.09 bits per heavy atom. The maximum atomic E-state index is 12.3. The Balaban J connectivity index is 0.00000441. The summed E-state index contributed by atoms with van der Waals surface area (Å²) < 4.78 is 27.3. The molecule has 22 heavy (non-hydrogen) atoms. The van der Waals surface area contributed by atoms with Crippen molar-refractivity contribution in [2.45, 2.75) is 45.4 Å². The number of sulfonamides is 1. The largest absolute Gasteiger partial charge is 1.00 e. The lowest BCUT2D eigenvalue weighted by molar-refractivity contribution is -0.907. The van der Waals surface area contributed by atoms with Crippen molar-refractivity contribution < 1.29 is 29.9 Å². The van der Waals surface area contributed by atoms with Gasteiger partial charge in [0.1, 0.15) is 0 Å². The van der Waals surface area contributed by atoms with Crippen LogP contribution in [-0.2, 0) is 10.0 Å². The van der Waals surface area contributed by atoms with Crippen LogP contribution < -0.4 is 17.0 Å². The Kier molecular flexibility index (Phi) is 10.8. The van der Waals surface area contributed by atoms with Gasteiger partial charge in [-0.3, -0.25) is 0 Å². The molecule has 1 aliphatic heterocycles. The molecule has 6 heteroatoms. The topological polar surface area (TPSA) is 37.4 Å². The van der Waals surface area contributed by atoms with E-state index in [0.717, 1.165) is 43.4 Å². The molecular formula is C16H33BrN2O2S. The summed E-state index contributed by atoms with van der Waals surface area (Å²) in [6, 6.07) is 0. The third-order valence-corrected chi connectivity index (χ3v) is 6.45. The van der Waals surface area contributed by atoms with Crippen molar-refractivity contribution in [3.63, 3.8) is 0 Å². The second-order valence-electron chi connectivity index (χ2n) is 6.52. The van der Waals surface area contributed by atoms with Gasteiger partial charge in [0.2, 0.25) is 10.0 Å². The molecule has 0 spiro atoms. The zero-order chi connectivity index (χ0) is 15.8. The average Bonchev–Trinajstić information content (AvgIpc) is 2.43. The summed E-state index contributed by atoms with van der Waals surface area (Å²) in [6.45, 7) is 10.00. The Bertz CT molecular complexity index is 404. The molecule has 0 unspecified atom stereocenters. The fraction of sp³-hybridized carbons (Fsp3) is 0.875. The maximum Gasteiger partial charge on any atom is 0.214 e. The number of hydrogen-bond acceptors (Lipinski definition) is 2. The molecule has 1 heterocycles. The van der Waals surface area contributed by atoms with E-state index in [9.17, 15) is 8.42 Å². The Hall–Kier alpha value is 0.0900. The number of piperazine rings is 1. The summed E-state index contributed by atoms with van der Waals surface area (Å²) in [5.74, 6) is 0.324. The minimum atomic E-state index is -3.04. The fourth-order valence-electron chi connectivity index (χ4n) is 2.90. The molecule has 4 nitrogen and oxygen atoms in total. The van der Waals surface area contributed by atoms with Gasteiger partial charge in [-0.05, 0) is 12.5 Å². The summed E-state index contributed by atoms with van der Waals surface area (Å²) in [4.78, 5) is 0. The molecular weight excluding hydrogens is 364 g/mol. The Morgan fingerprint density at radius 3 is 2.18 bits per heavy atom. The molecule has 0 amide bonds. The van der Waals surface area contributed by atoms with E-state index in [1.165, 1.54) is 19.3 Å². The van der Waals surface area contributed by atoms with Crippen LogP contribution in [-0.4, -0.2) is 62.7 Å². The number of unbranched alkanes of at least 4 members (excludes halogenated alkanes) is 5. The minimum Gasteiger partial charge on any atom is -1.00 e. The van der Waals surface area contributed by atoms with Crippen molar-refractivity contribution in [1.82, 2.24) is 4.31 Å². The number of quaternary nitrogens is 1. The molecule has 0 N–H and O–H groups in total. The average molecular weight is 397 g/mol. The zero-order valence-corrected chi connectivity index (χ0v) is 16.7. The second-order valence-corrected chi connectivity index (χ2v) is 8.61.